The predicted octanol–water partition coefficient (Wildman–Crippen LogP) is -0.283. The van der Waals surface area contributed by atoms with Gasteiger partial charge in [-0.05, 0) is 14.0 Å². The number of nitrogens with one attached hydrogen (secondary N) is 1. The highest BCUT2D eigenvalue weighted by Crippen LogP contribution is 2.19. The summed E-state index contributed by atoms with van der Waals surface area (Å²) in [5.74, 6) is 0. The first-order valence-electron chi connectivity index (χ1n) is 4.22. The van der Waals surface area contributed by atoms with Crippen LogP contribution in [0.2, 0.25) is 0 Å². The summed E-state index contributed by atoms with van der Waals surface area (Å²) in [5, 5.41) is 12.6. The van der Waals surface area contributed by atoms with Gasteiger partial charge in [-0.1, -0.05) is 0 Å². The maximum absolute atomic E-state index is 9.62. The maximum Gasteiger partial charge on any atom is 0.160 e. The molecule has 0 aromatic carbocycles. The Hall–Kier alpha value is -0.160. The molecule has 4 atom stereocenters. The van der Waals surface area contributed by atoms with Crippen molar-refractivity contribution in [2.45, 2.75) is 37.9 Å². The molecular formula is C8H17NO3. The van der Waals surface area contributed by atoms with Crippen LogP contribution in [-0.4, -0.2) is 43.8 Å². The average Bonchev–Trinajstić information content (AvgIpc) is 2.03. The number of hydrogen-bond donors (Lipinski definition) is 2. The van der Waals surface area contributed by atoms with Gasteiger partial charge in [-0.15, -0.1) is 0 Å². The van der Waals surface area contributed by atoms with Crippen molar-refractivity contribution in [3.63, 3.8) is 0 Å². The van der Waals surface area contributed by atoms with Gasteiger partial charge in [0.05, 0.1) is 18.2 Å². The van der Waals surface area contributed by atoms with Gasteiger partial charge in [0.25, 0.3) is 0 Å². The third-order valence-corrected chi connectivity index (χ3v) is 2.32. The summed E-state index contributed by atoms with van der Waals surface area (Å²) in [6, 6.07) is 0.0106. The molecule has 12 heavy (non-hydrogen) atoms. The molecule has 0 bridgehead atoms. The highest BCUT2D eigenvalue weighted by Gasteiger charge is 2.34. The highest BCUT2D eigenvalue weighted by molar-refractivity contribution is 4.85. The van der Waals surface area contributed by atoms with Crippen LogP contribution >= 0.6 is 0 Å². The Labute approximate surface area is 72.9 Å². The molecule has 4 heteroatoms. The molecule has 1 rings (SSSR count). The Morgan fingerprint density at radius 1 is 1.58 bits per heavy atom. The van der Waals surface area contributed by atoms with Gasteiger partial charge in [-0.25, -0.2) is 0 Å². The number of methoxy groups -OCH3 is 1. The van der Waals surface area contributed by atoms with Gasteiger partial charge in [-0.3, -0.25) is 0 Å². The first kappa shape index (κ1) is 9.92. The van der Waals surface area contributed by atoms with Crippen molar-refractivity contribution in [2.24, 2.45) is 0 Å². The van der Waals surface area contributed by atoms with E-state index in [-0.39, 0.29) is 24.5 Å². The van der Waals surface area contributed by atoms with Crippen LogP contribution < -0.4 is 5.32 Å². The molecule has 1 aliphatic rings. The fourth-order valence-electron chi connectivity index (χ4n) is 1.62. The summed E-state index contributed by atoms with van der Waals surface area (Å²) < 4.78 is 10.5. The summed E-state index contributed by atoms with van der Waals surface area (Å²) in [6.07, 6.45) is -0.126. The van der Waals surface area contributed by atoms with E-state index >= 15 is 0 Å². The van der Waals surface area contributed by atoms with E-state index in [4.69, 9.17) is 9.47 Å². The quantitative estimate of drug-likeness (QED) is 0.606. The molecule has 0 radical (unpaired) electrons. The van der Waals surface area contributed by atoms with Crippen molar-refractivity contribution < 1.29 is 14.6 Å². The van der Waals surface area contributed by atoms with Crippen molar-refractivity contribution in [3.8, 4) is 0 Å². The standard InChI is InChI=1S/C8H17NO3/c1-5-8(9-2)6(10)4-7(11-3)12-5/h5-10H,4H2,1-3H3/t5-,6-,7+,8-/m1/s1. The largest absolute Gasteiger partial charge is 0.391 e. The fraction of sp³-hybridized carbons (Fsp3) is 1.00. The third kappa shape index (κ3) is 1.95. The summed E-state index contributed by atoms with van der Waals surface area (Å²) in [4.78, 5) is 0. The zero-order chi connectivity index (χ0) is 9.14. The maximum atomic E-state index is 9.62. The third-order valence-electron chi connectivity index (χ3n) is 2.32. The number of aliphatic hydroxyl groups excluding tert-OH is 1. The van der Waals surface area contributed by atoms with Crippen LogP contribution in [0.15, 0.2) is 0 Å². The average molecular weight is 175 g/mol. The SMILES string of the molecule is CN[C@H]1[C@H](O)C[C@@H](OC)O[C@@H]1C. The number of hydrogen-bond acceptors (Lipinski definition) is 4. The van der Waals surface area contributed by atoms with Crippen molar-refractivity contribution >= 4 is 0 Å². The first-order chi connectivity index (χ1) is 5.69. The molecule has 1 saturated heterocycles. The number of likely N-dealkylation sites (N-methyl/N-ethyl adjacent to an activating group) is 1. The normalized spacial score (nSPS) is 43.0. The van der Waals surface area contributed by atoms with Crippen LogP contribution in [0, 0.1) is 0 Å². The van der Waals surface area contributed by atoms with Crippen molar-refractivity contribution in [1.29, 1.82) is 0 Å². The highest BCUT2D eigenvalue weighted by atomic mass is 16.7. The molecule has 0 amide bonds. The second-order valence-corrected chi connectivity index (χ2v) is 3.12. The molecule has 0 saturated carbocycles. The van der Waals surface area contributed by atoms with Crippen molar-refractivity contribution in [1.82, 2.24) is 5.32 Å². The zero-order valence-electron chi connectivity index (χ0n) is 7.78. The minimum absolute atomic E-state index is 0.0105. The summed E-state index contributed by atoms with van der Waals surface area (Å²) in [5.41, 5.74) is 0. The molecule has 0 unspecified atom stereocenters. The monoisotopic (exact) mass is 175 g/mol. The van der Waals surface area contributed by atoms with E-state index in [1.807, 2.05) is 14.0 Å². The number of rotatable bonds is 2. The summed E-state index contributed by atoms with van der Waals surface area (Å²) in [7, 11) is 3.41. The van der Waals surface area contributed by atoms with Gasteiger partial charge in [0.2, 0.25) is 0 Å². The van der Waals surface area contributed by atoms with Crippen LogP contribution in [0.1, 0.15) is 13.3 Å². The predicted molar refractivity (Wildman–Crippen MR) is 44.8 cm³/mol. The van der Waals surface area contributed by atoms with Crippen LogP contribution in [0.4, 0.5) is 0 Å². The van der Waals surface area contributed by atoms with Gasteiger partial charge < -0.3 is 19.9 Å². The second kappa shape index (κ2) is 4.18. The Morgan fingerprint density at radius 2 is 2.25 bits per heavy atom. The smallest absolute Gasteiger partial charge is 0.160 e. The summed E-state index contributed by atoms with van der Waals surface area (Å²) in [6.45, 7) is 1.93. The topological polar surface area (TPSA) is 50.7 Å². The molecule has 1 fully saturated rings. The lowest BCUT2D eigenvalue weighted by Gasteiger charge is -2.37. The molecule has 0 aromatic rings. The minimum Gasteiger partial charge on any atom is -0.391 e. The van der Waals surface area contributed by atoms with E-state index in [1.165, 1.54) is 0 Å². The van der Waals surface area contributed by atoms with Crippen molar-refractivity contribution in [2.75, 3.05) is 14.2 Å². The van der Waals surface area contributed by atoms with Gasteiger partial charge >= 0.3 is 0 Å². The Bertz CT molecular complexity index is 130. The Morgan fingerprint density at radius 3 is 2.67 bits per heavy atom. The number of aliphatic hydroxyl groups is 1. The van der Waals surface area contributed by atoms with Crippen LogP contribution in [0.5, 0.6) is 0 Å². The lowest BCUT2D eigenvalue weighted by molar-refractivity contribution is -0.209. The van der Waals surface area contributed by atoms with Gasteiger partial charge in [0.1, 0.15) is 0 Å². The van der Waals surface area contributed by atoms with Crippen molar-refractivity contribution in [3.05, 3.63) is 0 Å². The number of ether oxygens (including phenoxy) is 2. The van der Waals surface area contributed by atoms with Gasteiger partial charge in [0.15, 0.2) is 6.29 Å². The molecule has 2 N–H and O–H groups in total. The minimum atomic E-state index is -0.385. The van der Waals surface area contributed by atoms with Crippen LogP contribution in [-0.2, 0) is 9.47 Å². The molecule has 4 nitrogen and oxygen atoms in total. The van der Waals surface area contributed by atoms with Crippen LogP contribution in [0.25, 0.3) is 0 Å². The van der Waals surface area contributed by atoms with Crippen LogP contribution in [0.3, 0.4) is 0 Å². The Kier molecular flexibility index (Phi) is 3.46. The molecule has 72 valence electrons. The van der Waals surface area contributed by atoms with E-state index in [1.54, 1.807) is 7.11 Å². The zero-order valence-corrected chi connectivity index (χ0v) is 7.78. The van der Waals surface area contributed by atoms with Gasteiger partial charge in [0, 0.05) is 13.5 Å². The van der Waals surface area contributed by atoms with E-state index in [9.17, 15) is 5.11 Å². The second-order valence-electron chi connectivity index (χ2n) is 3.12. The lowest BCUT2D eigenvalue weighted by atomic mass is 10.00. The van der Waals surface area contributed by atoms with E-state index in [2.05, 4.69) is 5.32 Å². The molecule has 0 aromatic heterocycles. The molecule has 0 aliphatic carbocycles. The molecule has 1 aliphatic heterocycles. The molecule has 0 spiro atoms. The fourth-order valence-corrected chi connectivity index (χ4v) is 1.62. The Balaban J connectivity index is 2.51. The van der Waals surface area contributed by atoms with Gasteiger partial charge in [-0.2, -0.15) is 0 Å². The van der Waals surface area contributed by atoms with E-state index in [0.717, 1.165) is 0 Å². The molecular weight excluding hydrogens is 158 g/mol. The summed E-state index contributed by atoms with van der Waals surface area (Å²) >= 11 is 0. The first-order valence-corrected chi connectivity index (χ1v) is 4.22. The lowest BCUT2D eigenvalue weighted by Crippen LogP contribution is -2.53. The molecule has 1 heterocycles. The van der Waals surface area contributed by atoms with E-state index < -0.39 is 0 Å². The van der Waals surface area contributed by atoms with E-state index in [0.29, 0.717) is 6.42 Å².